The number of nitrogens with zero attached hydrogens (tertiary/aromatic N) is 3. The largest absolute Gasteiger partial charge is 0.507 e. The molecule has 0 fully saturated rings. The molecule has 0 spiro atoms. The molecule has 0 aliphatic heterocycles. The van der Waals surface area contributed by atoms with Gasteiger partial charge in [-0.3, -0.25) is 4.79 Å². The second kappa shape index (κ2) is 5.86. The zero-order valence-corrected chi connectivity index (χ0v) is 14.8. The summed E-state index contributed by atoms with van der Waals surface area (Å²) in [4.78, 5) is 20.2. The van der Waals surface area contributed by atoms with Gasteiger partial charge in [0.25, 0.3) is 5.56 Å². The molecule has 4 rings (SSSR count). The highest BCUT2D eigenvalue weighted by Crippen LogP contribution is 2.24. The van der Waals surface area contributed by atoms with Gasteiger partial charge in [0, 0.05) is 20.9 Å². The van der Waals surface area contributed by atoms with Crippen molar-refractivity contribution in [3.8, 4) is 5.75 Å². The second-order valence-electron chi connectivity index (χ2n) is 5.69. The Hall–Kier alpha value is -2.93. The Kier molecular flexibility index (Phi) is 3.65. The highest BCUT2D eigenvalue weighted by atomic mass is 79.9. The Morgan fingerprint density at radius 2 is 2.16 bits per heavy atom. The van der Waals surface area contributed by atoms with Crippen LogP contribution < -0.4 is 5.56 Å². The number of aryl methyl sites for hydroxylation is 1. The maximum absolute atomic E-state index is 12.7. The maximum atomic E-state index is 12.7. The molecule has 0 radical (unpaired) electrons. The minimum atomic E-state index is -0.300. The quantitative estimate of drug-likeness (QED) is 0.508. The van der Waals surface area contributed by atoms with Crippen molar-refractivity contribution in [2.24, 2.45) is 5.10 Å². The van der Waals surface area contributed by atoms with Crippen LogP contribution >= 0.6 is 15.9 Å². The highest BCUT2D eigenvalue weighted by molar-refractivity contribution is 9.10. The summed E-state index contributed by atoms with van der Waals surface area (Å²) >= 11 is 3.34. The van der Waals surface area contributed by atoms with Gasteiger partial charge in [0.1, 0.15) is 23.1 Å². The van der Waals surface area contributed by atoms with Gasteiger partial charge in [-0.2, -0.15) is 9.78 Å². The van der Waals surface area contributed by atoms with Gasteiger partial charge in [0.05, 0.1) is 6.21 Å². The number of halogens is 1. The molecule has 2 heterocycles. The number of nitrogens with one attached hydrogen (secondary N) is 1. The SMILES string of the molecule is Cc1cccc2[nH]c3c(=O)n(/N=C/c4cc(Br)ccc4O)cnc3c12. The average molecular weight is 397 g/mol. The Balaban J connectivity index is 1.86. The lowest BCUT2D eigenvalue weighted by atomic mass is 10.1. The summed E-state index contributed by atoms with van der Waals surface area (Å²) in [6.45, 7) is 1.98. The highest BCUT2D eigenvalue weighted by Gasteiger charge is 2.12. The number of phenolic OH excluding ortho intramolecular Hbond substituents is 1. The molecule has 2 aromatic carbocycles. The van der Waals surface area contributed by atoms with Gasteiger partial charge >= 0.3 is 0 Å². The summed E-state index contributed by atoms with van der Waals surface area (Å²) < 4.78 is 1.95. The van der Waals surface area contributed by atoms with E-state index in [0.29, 0.717) is 16.6 Å². The van der Waals surface area contributed by atoms with E-state index in [1.807, 2.05) is 25.1 Å². The number of hydrogen-bond donors (Lipinski definition) is 2. The van der Waals surface area contributed by atoms with Crippen LogP contribution in [-0.4, -0.2) is 26.0 Å². The van der Waals surface area contributed by atoms with Crippen LogP contribution in [0.1, 0.15) is 11.1 Å². The summed E-state index contributed by atoms with van der Waals surface area (Å²) in [5.41, 5.74) is 3.15. The molecule has 0 unspecified atom stereocenters. The van der Waals surface area contributed by atoms with E-state index >= 15 is 0 Å². The summed E-state index contributed by atoms with van der Waals surface area (Å²) in [5.74, 6) is 0.0790. The van der Waals surface area contributed by atoms with Crippen molar-refractivity contribution in [1.82, 2.24) is 14.6 Å². The standard InChI is InChI=1S/C18H13BrN4O2/c1-10-3-2-4-13-15(10)16-17(22-13)18(25)23(9-20-16)21-8-11-7-12(19)5-6-14(11)24/h2-9,22,24H,1H3/b21-8+. The van der Waals surface area contributed by atoms with E-state index < -0.39 is 0 Å². The van der Waals surface area contributed by atoms with Crippen molar-refractivity contribution in [2.75, 3.05) is 0 Å². The van der Waals surface area contributed by atoms with Crippen molar-refractivity contribution in [2.45, 2.75) is 6.92 Å². The number of aromatic amines is 1. The average Bonchev–Trinajstić information content (AvgIpc) is 2.98. The lowest BCUT2D eigenvalue weighted by Gasteiger charge is -2.01. The Morgan fingerprint density at radius 3 is 3.00 bits per heavy atom. The molecule has 0 saturated carbocycles. The summed E-state index contributed by atoms with van der Waals surface area (Å²) in [6, 6.07) is 10.8. The smallest absolute Gasteiger partial charge is 0.298 e. The fraction of sp³-hybridized carbons (Fsp3) is 0.0556. The van der Waals surface area contributed by atoms with E-state index in [0.717, 1.165) is 25.6 Å². The predicted molar refractivity (Wildman–Crippen MR) is 101 cm³/mol. The first kappa shape index (κ1) is 15.6. The van der Waals surface area contributed by atoms with Crippen LogP contribution in [0.3, 0.4) is 0 Å². The van der Waals surface area contributed by atoms with Crippen molar-refractivity contribution in [1.29, 1.82) is 0 Å². The molecule has 4 aromatic rings. The van der Waals surface area contributed by atoms with E-state index in [9.17, 15) is 9.90 Å². The van der Waals surface area contributed by atoms with Crippen LogP contribution in [0.15, 0.2) is 57.1 Å². The number of aromatic nitrogens is 3. The molecular formula is C18H13BrN4O2. The van der Waals surface area contributed by atoms with Crippen LogP contribution in [0.4, 0.5) is 0 Å². The predicted octanol–water partition coefficient (Wildman–Crippen LogP) is 3.54. The molecule has 6 nitrogen and oxygen atoms in total. The Morgan fingerprint density at radius 1 is 1.32 bits per heavy atom. The first-order chi connectivity index (χ1) is 12.0. The minimum absolute atomic E-state index is 0.0790. The van der Waals surface area contributed by atoms with Crippen molar-refractivity contribution in [3.05, 3.63) is 68.7 Å². The molecule has 0 aliphatic rings. The number of rotatable bonds is 2. The number of phenols is 1. The molecule has 7 heteroatoms. The fourth-order valence-corrected chi connectivity index (χ4v) is 3.18. The van der Waals surface area contributed by atoms with Gasteiger partial charge in [-0.1, -0.05) is 28.1 Å². The molecule has 0 saturated heterocycles. The minimum Gasteiger partial charge on any atom is -0.507 e. The summed E-state index contributed by atoms with van der Waals surface area (Å²) in [7, 11) is 0. The van der Waals surface area contributed by atoms with Crippen molar-refractivity contribution < 1.29 is 5.11 Å². The molecule has 0 bridgehead atoms. The topological polar surface area (TPSA) is 83.3 Å². The maximum Gasteiger partial charge on any atom is 0.298 e. The lowest BCUT2D eigenvalue weighted by Crippen LogP contribution is -2.17. The molecule has 2 aromatic heterocycles. The third kappa shape index (κ3) is 2.62. The fourth-order valence-electron chi connectivity index (χ4n) is 2.80. The van der Waals surface area contributed by atoms with Crippen LogP contribution in [0.25, 0.3) is 21.9 Å². The van der Waals surface area contributed by atoms with Crippen molar-refractivity contribution >= 4 is 44.1 Å². The Bertz CT molecular complexity index is 1210. The third-order valence-electron chi connectivity index (χ3n) is 4.04. The third-order valence-corrected chi connectivity index (χ3v) is 4.53. The van der Waals surface area contributed by atoms with Crippen LogP contribution in [-0.2, 0) is 0 Å². The van der Waals surface area contributed by atoms with Crippen LogP contribution in [0.2, 0.25) is 0 Å². The number of fused-ring (bicyclic) bond motifs is 3. The van der Waals surface area contributed by atoms with Crippen LogP contribution in [0, 0.1) is 6.92 Å². The monoisotopic (exact) mass is 396 g/mol. The molecule has 2 N–H and O–H groups in total. The number of H-pyrrole nitrogens is 1. The first-order valence-corrected chi connectivity index (χ1v) is 8.35. The second-order valence-corrected chi connectivity index (χ2v) is 6.60. The van der Waals surface area contributed by atoms with Gasteiger partial charge in [-0.25, -0.2) is 4.98 Å². The van der Waals surface area contributed by atoms with E-state index in [-0.39, 0.29) is 11.3 Å². The lowest BCUT2D eigenvalue weighted by molar-refractivity contribution is 0.474. The first-order valence-electron chi connectivity index (χ1n) is 7.56. The molecule has 124 valence electrons. The van der Waals surface area contributed by atoms with Gasteiger partial charge < -0.3 is 10.1 Å². The van der Waals surface area contributed by atoms with Crippen LogP contribution in [0.5, 0.6) is 5.75 Å². The number of benzene rings is 2. The zero-order valence-electron chi connectivity index (χ0n) is 13.2. The number of hydrogen-bond acceptors (Lipinski definition) is 4. The normalized spacial score (nSPS) is 11.8. The van der Waals surface area contributed by atoms with E-state index in [1.54, 1.807) is 18.2 Å². The van der Waals surface area contributed by atoms with Gasteiger partial charge in [0.15, 0.2) is 0 Å². The molecule has 0 atom stereocenters. The Labute approximate surface area is 150 Å². The molecular weight excluding hydrogens is 384 g/mol. The number of aromatic hydroxyl groups is 1. The van der Waals surface area contributed by atoms with E-state index in [4.69, 9.17) is 0 Å². The summed E-state index contributed by atoms with van der Waals surface area (Å²) in [6.07, 6.45) is 2.80. The van der Waals surface area contributed by atoms with E-state index in [1.165, 1.54) is 12.5 Å². The molecule has 0 amide bonds. The van der Waals surface area contributed by atoms with Gasteiger partial charge in [0.2, 0.25) is 0 Å². The van der Waals surface area contributed by atoms with Gasteiger partial charge in [-0.05, 0) is 36.8 Å². The van der Waals surface area contributed by atoms with Crippen molar-refractivity contribution in [3.63, 3.8) is 0 Å². The zero-order chi connectivity index (χ0) is 17.6. The molecule has 0 aliphatic carbocycles. The molecule has 25 heavy (non-hydrogen) atoms. The van der Waals surface area contributed by atoms with E-state index in [2.05, 4.69) is 31.0 Å². The van der Waals surface area contributed by atoms with Gasteiger partial charge in [-0.15, -0.1) is 0 Å². The summed E-state index contributed by atoms with van der Waals surface area (Å²) in [5, 5.41) is 14.9.